The number of carbonyl (C=O) groups excluding carboxylic acids is 3. The molecule has 0 aliphatic heterocycles. The van der Waals surface area contributed by atoms with Crippen molar-refractivity contribution in [1.82, 2.24) is 0 Å². The van der Waals surface area contributed by atoms with Crippen molar-refractivity contribution in [2.24, 2.45) is 0 Å². The van der Waals surface area contributed by atoms with E-state index in [0.717, 1.165) is 64.2 Å². The average Bonchev–Trinajstić information content (AvgIpc) is 3.18. The second-order valence-electron chi connectivity index (χ2n) is 16.4. The Bertz CT molecular complexity index is 854. The number of unbranched alkanes of at least 4 members (excludes halogenated alkanes) is 31. The Morgan fingerprint density at radius 1 is 0.345 bits per heavy atom. The molecule has 0 aliphatic carbocycles. The van der Waals surface area contributed by atoms with Gasteiger partial charge in [0.2, 0.25) is 0 Å². The van der Waals surface area contributed by atoms with Crippen LogP contribution in [-0.2, 0) is 28.6 Å². The second-order valence-corrected chi connectivity index (χ2v) is 16.4. The van der Waals surface area contributed by atoms with E-state index in [2.05, 4.69) is 32.9 Å². The van der Waals surface area contributed by atoms with Gasteiger partial charge in [0.1, 0.15) is 13.2 Å². The molecule has 0 bridgehead atoms. The lowest BCUT2D eigenvalue weighted by Gasteiger charge is -2.18. The van der Waals surface area contributed by atoms with E-state index in [0.29, 0.717) is 19.3 Å². The molecule has 0 rings (SSSR count). The summed E-state index contributed by atoms with van der Waals surface area (Å²) in [6.45, 7) is 6.63. The van der Waals surface area contributed by atoms with Crippen molar-refractivity contribution in [3.63, 3.8) is 0 Å². The summed E-state index contributed by atoms with van der Waals surface area (Å²) in [5.41, 5.74) is 0. The van der Waals surface area contributed by atoms with E-state index in [1.165, 1.54) is 161 Å². The van der Waals surface area contributed by atoms with Gasteiger partial charge in [-0.2, -0.15) is 0 Å². The van der Waals surface area contributed by atoms with Crippen LogP contribution in [0.1, 0.15) is 265 Å². The Kier molecular flexibility index (Phi) is 43.4. The molecule has 0 aromatic carbocycles. The van der Waals surface area contributed by atoms with Crippen LogP contribution in [0.15, 0.2) is 12.2 Å². The average molecular weight is 777 g/mol. The topological polar surface area (TPSA) is 78.9 Å². The smallest absolute Gasteiger partial charge is 0.306 e. The van der Waals surface area contributed by atoms with E-state index in [1.807, 2.05) is 0 Å². The number of hydrogen-bond acceptors (Lipinski definition) is 6. The van der Waals surface area contributed by atoms with Gasteiger partial charge in [-0.15, -0.1) is 0 Å². The molecule has 0 aromatic rings. The van der Waals surface area contributed by atoms with Gasteiger partial charge in [0, 0.05) is 19.3 Å². The zero-order valence-corrected chi connectivity index (χ0v) is 37.0. The van der Waals surface area contributed by atoms with E-state index in [9.17, 15) is 14.4 Å². The molecule has 55 heavy (non-hydrogen) atoms. The number of allylic oxidation sites excluding steroid dienone is 2. The fraction of sp³-hybridized carbons (Fsp3) is 0.898. The van der Waals surface area contributed by atoms with Gasteiger partial charge in [-0.3, -0.25) is 14.4 Å². The highest BCUT2D eigenvalue weighted by Crippen LogP contribution is 2.15. The molecule has 6 heteroatoms. The highest BCUT2D eigenvalue weighted by atomic mass is 16.6. The van der Waals surface area contributed by atoms with Crippen molar-refractivity contribution in [1.29, 1.82) is 0 Å². The third-order valence-corrected chi connectivity index (χ3v) is 10.8. The minimum atomic E-state index is -0.764. The molecule has 0 fully saturated rings. The Morgan fingerprint density at radius 3 is 0.927 bits per heavy atom. The van der Waals surface area contributed by atoms with Crippen LogP contribution >= 0.6 is 0 Å². The molecule has 0 aromatic heterocycles. The van der Waals surface area contributed by atoms with Crippen molar-refractivity contribution in [3.05, 3.63) is 12.2 Å². The molecule has 0 radical (unpaired) electrons. The standard InChI is InChI=1S/C49H92O6/c1-4-7-10-13-16-19-22-24-27-29-32-35-38-41-47(50)53-44-46(55-49(52)43-40-37-34-31-26-21-18-15-12-9-6-3)45-54-48(51)42-39-36-33-30-28-25-23-20-17-14-11-8-5-2/h19,22,46H,4-18,20-21,23-45H2,1-3H3/t46-/m0/s1. The molecule has 0 spiro atoms. The first-order chi connectivity index (χ1) is 27.0. The SMILES string of the molecule is CCCCCCC=CCCCCCCCC(=O)OC[C@@H](COC(=O)CCCCCCCCCCCCCCC)OC(=O)CCCCCCCCCCCCC. The van der Waals surface area contributed by atoms with Crippen LogP contribution in [0.25, 0.3) is 0 Å². The Balaban J connectivity index is 4.33. The molecule has 0 saturated carbocycles. The number of rotatable bonds is 44. The van der Waals surface area contributed by atoms with E-state index in [4.69, 9.17) is 14.2 Å². The summed E-state index contributed by atoms with van der Waals surface area (Å²) in [4.78, 5) is 37.8. The van der Waals surface area contributed by atoms with E-state index >= 15 is 0 Å². The first kappa shape index (κ1) is 53.1. The lowest BCUT2D eigenvalue weighted by Crippen LogP contribution is -2.30. The minimum Gasteiger partial charge on any atom is -0.462 e. The molecule has 0 N–H and O–H groups in total. The van der Waals surface area contributed by atoms with Gasteiger partial charge in [-0.25, -0.2) is 0 Å². The fourth-order valence-electron chi connectivity index (χ4n) is 7.08. The summed E-state index contributed by atoms with van der Waals surface area (Å²) in [6, 6.07) is 0. The monoisotopic (exact) mass is 777 g/mol. The zero-order chi connectivity index (χ0) is 40.1. The van der Waals surface area contributed by atoms with Gasteiger partial charge in [0.05, 0.1) is 0 Å². The number of esters is 3. The maximum atomic E-state index is 12.7. The van der Waals surface area contributed by atoms with Crippen molar-refractivity contribution in [2.75, 3.05) is 13.2 Å². The van der Waals surface area contributed by atoms with Crippen LogP contribution in [0, 0.1) is 0 Å². The van der Waals surface area contributed by atoms with Gasteiger partial charge in [0.25, 0.3) is 0 Å². The lowest BCUT2D eigenvalue weighted by atomic mass is 10.0. The molecular weight excluding hydrogens is 685 g/mol. The van der Waals surface area contributed by atoms with Gasteiger partial charge in [-0.1, -0.05) is 213 Å². The minimum absolute atomic E-state index is 0.0677. The molecule has 0 saturated heterocycles. The zero-order valence-electron chi connectivity index (χ0n) is 37.0. The first-order valence-electron chi connectivity index (χ1n) is 24.2. The van der Waals surface area contributed by atoms with Crippen molar-refractivity contribution >= 4 is 17.9 Å². The highest BCUT2D eigenvalue weighted by Gasteiger charge is 2.19. The molecular formula is C49H92O6. The van der Waals surface area contributed by atoms with Gasteiger partial charge < -0.3 is 14.2 Å². The quantitative estimate of drug-likeness (QED) is 0.0265. The van der Waals surface area contributed by atoms with Crippen LogP contribution in [-0.4, -0.2) is 37.2 Å². The molecule has 1 atom stereocenters. The second kappa shape index (κ2) is 44.9. The molecule has 0 aliphatic rings. The van der Waals surface area contributed by atoms with E-state index in [-0.39, 0.29) is 31.1 Å². The summed E-state index contributed by atoms with van der Waals surface area (Å²) in [7, 11) is 0. The van der Waals surface area contributed by atoms with E-state index in [1.54, 1.807) is 0 Å². The van der Waals surface area contributed by atoms with Crippen molar-refractivity contribution in [2.45, 2.75) is 271 Å². The van der Waals surface area contributed by atoms with Crippen LogP contribution < -0.4 is 0 Å². The molecule has 0 unspecified atom stereocenters. The highest BCUT2D eigenvalue weighted by molar-refractivity contribution is 5.71. The first-order valence-corrected chi connectivity index (χ1v) is 24.2. The Hall–Kier alpha value is -1.85. The lowest BCUT2D eigenvalue weighted by molar-refractivity contribution is -0.167. The van der Waals surface area contributed by atoms with Gasteiger partial charge in [0.15, 0.2) is 6.10 Å². The summed E-state index contributed by atoms with van der Waals surface area (Å²) < 4.78 is 16.7. The number of hydrogen-bond donors (Lipinski definition) is 0. The van der Waals surface area contributed by atoms with Crippen molar-refractivity contribution in [3.8, 4) is 0 Å². The van der Waals surface area contributed by atoms with Crippen molar-refractivity contribution < 1.29 is 28.6 Å². The summed E-state index contributed by atoms with van der Waals surface area (Å²) >= 11 is 0. The molecule has 324 valence electrons. The predicted molar refractivity (Wildman–Crippen MR) is 233 cm³/mol. The fourth-order valence-corrected chi connectivity index (χ4v) is 7.08. The Morgan fingerprint density at radius 2 is 0.600 bits per heavy atom. The van der Waals surface area contributed by atoms with Crippen LogP contribution in [0.4, 0.5) is 0 Å². The normalized spacial score (nSPS) is 12.0. The maximum Gasteiger partial charge on any atom is 0.306 e. The largest absolute Gasteiger partial charge is 0.462 e. The number of ether oxygens (including phenoxy) is 3. The van der Waals surface area contributed by atoms with Gasteiger partial charge in [-0.05, 0) is 44.9 Å². The molecule has 6 nitrogen and oxygen atoms in total. The maximum absolute atomic E-state index is 12.7. The Labute approximate surface area is 341 Å². The summed E-state index contributed by atoms with van der Waals surface area (Å²) in [5, 5.41) is 0. The predicted octanol–water partition coefficient (Wildman–Crippen LogP) is 15.4. The summed E-state index contributed by atoms with van der Waals surface area (Å²) in [5.74, 6) is -0.866. The molecule has 0 amide bonds. The van der Waals surface area contributed by atoms with Crippen LogP contribution in [0.5, 0.6) is 0 Å². The third kappa shape index (κ3) is 43.1. The van der Waals surface area contributed by atoms with Gasteiger partial charge >= 0.3 is 17.9 Å². The third-order valence-electron chi connectivity index (χ3n) is 10.8. The van der Waals surface area contributed by atoms with E-state index < -0.39 is 6.10 Å². The molecule has 0 heterocycles. The van der Waals surface area contributed by atoms with Crippen LogP contribution in [0.3, 0.4) is 0 Å². The van der Waals surface area contributed by atoms with Crippen LogP contribution in [0.2, 0.25) is 0 Å². The summed E-state index contributed by atoms with van der Waals surface area (Å²) in [6.07, 6.45) is 47.6. The number of carbonyl (C=O) groups is 3.